The zero-order valence-corrected chi connectivity index (χ0v) is 19.7. The molecule has 1 aliphatic heterocycles. The molecule has 6 heterocycles. The van der Waals surface area contributed by atoms with Crippen molar-refractivity contribution < 1.29 is 0 Å². The SMILES string of the molecule is c1ccn(-c2cncc(-c3cn(Cc4cn5cc(CN6CCC7(CCC7)C6)ccc5n4)nn3)c2)c1. The van der Waals surface area contributed by atoms with Gasteiger partial charge in [-0.15, -0.1) is 5.10 Å². The van der Waals surface area contributed by atoms with Gasteiger partial charge in [-0.1, -0.05) is 17.7 Å². The van der Waals surface area contributed by atoms with Crippen molar-refractivity contribution in [3.05, 3.63) is 85.0 Å². The van der Waals surface area contributed by atoms with Crippen molar-refractivity contribution >= 4 is 5.65 Å². The Bertz CT molecular complexity index is 1470. The summed E-state index contributed by atoms with van der Waals surface area (Å²) in [5, 5.41) is 8.72. The molecule has 2 aliphatic rings. The maximum Gasteiger partial charge on any atom is 0.137 e. The van der Waals surface area contributed by atoms with Gasteiger partial charge in [0.2, 0.25) is 0 Å². The number of pyridine rings is 2. The number of likely N-dealkylation sites (tertiary alicyclic amines) is 1. The number of nitrogens with zero attached hydrogens (tertiary/aromatic N) is 8. The zero-order valence-electron chi connectivity index (χ0n) is 19.7. The Kier molecular flexibility index (Phi) is 4.80. The molecule has 176 valence electrons. The molecule has 0 unspecified atom stereocenters. The van der Waals surface area contributed by atoms with Crippen molar-refractivity contribution in [2.45, 2.75) is 38.8 Å². The summed E-state index contributed by atoms with van der Waals surface area (Å²) < 4.78 is 6.01. The molecular formula is C27H28N8. The molecule has 0 radical (unpaired) electrons. The van der Waals surface area contributed by atoms with E-state index in [1.54, 1.807) is 0 Å². The molecule has 8 nitrogen and oxygen atoms in total. The van der Waals surface area contributed by atoms with Crippen LogP contribution in [0.4, 0.5) is 0 Å². The summed E-state index contributed by atoms with van der Waals surface area (Å²) in [6.45, 7) is 4.08. The Morgan fingerprint density at radius 3 is 2.69 bits per heavy atom. The Morgan fingerprint density at radius 2 is 1.86 bits per heavy atom. The Hall–Kier alpha value is -3.78. The molecule has 0 atom stereocenters. The lowest BCUT2D eigenvalue weighted by molar-refractivity contribution is 0.137. The standard InChI is InChI=1S/C27H28N8/c1-2-10-33(9-1)24-12-22(13-28-14-24)25-19-35(31-30-25)18-23-17-34-16-21(4-5-26(34)29-23)15-32-11-8-27(20-32)6-3-7-27/h1-2,4-5,9-10,12-14,16-17,19H,3,6-8,11,15,18,20H2. The van der Waals surface area contributed by atoms with Crippen molar-refractivity contribution in [3.63, 3.8) is 0 Å². The average Bonchev–Trinajstić information content (AvgIpc) is 3.64. The monoisotopic (exact) mass is 464 g/mol. The van der Waals surface area contributed by atoms with Crippen LogP contribution in [-0.4, -0.2) is 51.9 Å². The summed E-state index contributed by atoms with van der Waals surface area (Å²) in [7, 11) is 0. The van der Waals surface area contributed by atoms with Crippen LogP contribution in [0, 0.1) is 5.41 Å². The normalized spacial score (nSPS) is 17.4. The summed E-state index contributed by atoms with van der Waals surface area (Å²) in [5.74, 6) is 0. The Labute approximate surface area is 203 Å². The maximum atomic E-state index is 4.80. The molecule has 5 aromatic rings. The van der Waals surface area contributed by atoms with Crippen molar-refractivity contribution in [1.29, 1.82) is 0 Å². The quantitative estimate of drug-likeness (QED) is 0.377. The van der Waals surface area contributed by atoms with Crippen molar-refractivity contribution in [3.8, 4) is 16.9 Å². The predicted octanol–water partition coefficient (Wildman–Crippen LogP) is 4.20. The van der Waals surface area contributed by atoms with Gasteiger partial charge >= 0.3 is 0 Å². The first-order valence-electron chi connectivity index (χ1n) is 12.4. The molecule has 2 fully saturated rings. The average molecular weight is 465 g/mol. The van der Waals surface area contributed by atoms with E-state index in [0.29, 0.717) is 12.0 Å². The smallest absolute Gasteiger partial charge is 0.137 e. The highest BCUT2D eigenvalue weighted by molar-refractivity contribution is 5.59. The number of aromatic nitrogens is 7. The van der Waals surface area contributed by atoms with Gasteiger partial charge in [0, 0.05) is 49.6 Å². The molecule has 5 aromatic heterocycles. The van der Waals surface area contributed by atoms with Gasteiger partial charge in [0.15, 0.2) is 0 Å². The van der Waals surface area contributed by atoms with Crippen LogP contribution in [-0.2, 0) is 13.1 Å². The maximum absolute atomic E-state index is 4.80. The molecule has 35 heavy (non-hydrogen) atoms. The lowest BCUT2D eigenvalue weighted by Gasteiger charge is -2.38. The minimum absolute atomic E-state index is 0.573. The van der Waals surface area contributed by atoms with Crippen LogP contribution in [0.3, 0.4) is 0 Å². The molecular weight excluding hydrogens is 436 g/mol. The second-order valence-electron chi connectivity index (χ2n) is 10.2. The zero-order chi connectivity index (χ0) is 23.2. The lowest BCUT2D eigenvalue weighted by atomic mass is 9.68. The van der Waals surface area contributed by atoms with Crippen LogP contribution in [0.2, 0.25) is 0 Å². The minimum atomic E-state index is 0.573. The van der Waals surface area contributed by atoms with E-state index in [4.69, 9.17) is 4.98 Å². The highest BCUT2D eigenvalue weighted by Crippen LogP contribution is 2.48. The van der Waals surface area contributed by atoms with Gasteiger partial charge in [-0.25, -0.2) is 9.67 Å². The van der Waals surface area contributed by atoms with Crippen molar-refractivity contribution in [2.24, 2.45) is 5.41 Å². The van der Waals surface area contributed by atoms with E-state index in [1.165, 1.54) is 44.3 Å². The predicted molar refractivity (Wildman–Crippen MR) is 133 cm³/mol. The van der Waals surface area contributed by atoms with Crippen LogP contribution >= 0.6 is 0 Å². The molecule has 0 amide bonds. The molecule has 0 N–H and O–H groups in total. The molecule has 1 aliphatic carbocycles. The summed E-state index contributed by atoms with van der Waals surface area (Å²) >= 11 is 0. The number of fused-ring (bicyclic) bond motifs is 1. The third-order valence-electron chi connectivity index (χ3n) is 7.68. The Balaban J connectivity index is 1.06. The fraction of sp³-hybridized carbons (Fsp3) is 0.333. The second kappa shape index (κ2) is 8.16. The molecule has 1 spiro atoms. The molecule has 7 rings (SSSR count). The number of hydrogen-bond acceptors (Lipinski definition) is 5. The first-order valence-corrected chi connectivity index (χ1v) is 12.4. The summed E-state index contributed by atoms with van der Waals surface area (Å²) in [6.07, 6.45) is 19.6. The first kappa shape index (κ1) is 20.6. The van der Waals surface area contributed by atoms with Crippen molar-refractivity contribution in [1.82, 2.24) is 38.8 Å². The van der Waals surface area contributed by atoms with Gasteiger partial charge in [-0.3, -0.25) is 9.88 Å². The van der Waals surface area contributed by atoms with E-state index in [0.717, 1.165) is 34.8 Å². The third-order valence-corrected chi connectivity index (χ3v) is 7.68. The van der Waals surface area contributed by atoms with Gasteiger partial charge in [-0.05, 0) is 61.1 Å². The van der Waals surface area contributed by atoms with E-state index >= 15 is 0 Å². The molecule has 1 saturated heterocycles. The largest absolute Gasteiger partial charge is 0.322 e. The van der Waals surface area contributed by atoms with Crippen LogP contribution in [0.25, 0.3) is 22.6 Å². The second-order valence-corrected chi connectivity index (χ2v) is 10.2. The van der Waals surface area contributed by atoms with E-state index in [9.17, 15) is 0 Å². The number of hydrogen-bond donors (Lipinski definition) is 0. The van der Waals surface area contributed by atoms with E-state index < -0.39 is 0 Å². The van der Waals surface area contributed by atoms with Crippen LogP contribution in [0.1, 0.15) is 36.9 Å². The van der Waals surface area contributed by atoms with Gasteiger partial charge in [0.1, 0.15) is 11.3 Å². The van der Waals surface area contributed by atoms with Crippen LogP contribution < -0.4 is 0 Å². The van der Waals surface area contributed by atoms with Gasteiger partial charge in [0.05, 0.1) is 30.3 Å². The fourth-order valence-electron chi connectivity index (χ4n) is 5.66. The highest BCUT2D eigenvalue weighted by Gasteiger charge is 2.42. The van der Waals surface area contributed by atoms with Gasteiger partial charge in [-0.2, -0.15) is 0 Å². The summed E-state index contributed by atoms with van der Waals surface area (Å²) in [5.41, 5.74) is 6.64. The highest BCUT2D eigenvalue weighted by atomic mass is 15.4. The molecule has 8 heteroatoms. The van der Waals surface area contributed by atoms with Crippen LogP contribution in [0.15, 0.2) is 73.7 Å². The molecule has 0 aromatic carbocycles. The van der Waals surface area contributed by atoms with E-state index in [1.807, 2.05) is 52.4 Å². The number of imidazole rings is 1. The third kappa shape index (κ3) is 3.93. The topological polar surface area (TPSA) is 69.1 Å². The first-order chi connectivity index (χ1) is 17.2. The summed E-state index contributed by atoms with van der Waals surface area (Å²) in [4.78, 5) is 11.8. The van der Waals surface area contributed by atoms with Gasteiger partial charge in [0.25, 0.3) is 0 Å². The molecule has 1 saturated carbocycles. The summed E-state index contributed by atoms with van der Waals surface area (Å²) in [6, 6.07) is 10.4. The molecule has 0 bridgehead atoms. The van der Waals surface area contributed by atoms with Gasteiger partial charge < -0.3 is 8.97 Å². The van der Waals surface area contributed by atoms with E-state index in [-0.39, 0.29) is 0 Å². The minimum Gasteiger partial charge on any atom is -0.322 e. The van der Waals surface area contributed by atoms with Crippen LogP contribution in [0.5, 0.6) is 0 Å². The number of rotatable bonds is 6. The lowest BCUT2D eigenvalue weighted by Crippen LogP contribution is -2.32. The van der Waals surface area contributed by atoms with Crippen molar-refractivity contribution in [2.75, 3.05) is 13.1 Å². The Morgan fingerprint density at radius 1 is 0.943 bits per heavy atom. The fourth-order valence-corrected chi connectivity index (χ4v) is 5.66. The van der Waals surface area contributed by atoms with E-state index in [2.05, 4.69) is 55.2 Å².